The third kappa shape index (κ3) is 26.5. The molecule has 0 aliphatic carbocycles. The van der Waals surface area contributed by atoms with Crippen molar-refractivity contribution >= 4 is 28.6 Å². The van der Waals surface area contributed by atoms with Crippen LogP contribution < -0.4 is 0 Å². The number of carbonyl (C=O) groups excluding carboxylic acids is 1. The molecule has 1 unspecified atom stereocenters. The summed E-state index contributed by atoms with van der Waals surface area (Å²) in [6, 6.07) is 0. The molecule has 3 heteroatoms. The van der Waals surface area contributed by atoms with E-state index in [-0.39, 0.29) is 10.1 Å². The Kier molecular flexibility index (Phi) is 27.6. The van der Waals surface area contributed by atoms with Crippen molar-refractivity contribution in [2.24, 2.45) is 0 Å². The smallest absolute Gasteiger partial charge is 0.306 e. The lowest BCUT2D eigenvalue weighted by molar-refractivity contribution is -0.144. The van der Waals surface area contributed by atoms with E-state index in [0.29, 0.717) is 6.42 Å². The van der Waals surface area contributed by atoms with Crippen molar-refractivity contribution in [3.05, 3.63) is 0 Å². The van der Waals surface area contributed by atoms with Gasteiger partial charge < -0.3 is 4.74 Å². The van der Waals surface area contributed by atoms with Crippen LogP contribution >= 0.6 is 22.6 Å². The van der Waals surface area contributed by atoms with Gasteiger partial charge in [0.25, 0.3) is 0 Å². The predicted octanol–water partition coefficient (Wildman–Crippen LogP) is 11.1. The molecule has 0 saturated carbocycles. The molecule has 0 radical (unpaired) electrons. The van der Waals surface area contributed by atoms with Crippen LogP contribution in [0.5, 0.6) is 0 Å². The van der Waals surface area contributed by atoms with Crippen LogP contribution in [0, 0.1) is 0 Å². The minimum Gasteiger partial charge on any atom is -0.452 e. The Balaban J connectivity index is 3.29. The number of halogens is 1. The average Bonchev–Trinajstić information content (AvgIpc) is 2.78. The molecule has 0 heterocycles. The van der Waals surface area contributed by atoms with Gasteiger partial charge >= 0.3 is 5.97 Å². The molecule has 0 bridgehead atoms. The van der Waals surface area contributed by atoms with E-state index in [2.05, 4.69) is 36.4 Å². The van der Waals surface area contributed by atoms with Gasteiger partial charge in [-0.25, -0.2) is 0 Å². The summed E-state index contributed by atoms with van der Waals surface area (Å²) in [4.78, 5) is 12.0. The summed E-state index contributed by atoms with van der Waals surface area (Å²) in [5.41, 5.74) is 0. The van der Waals surface area contributed by atoms with Crippen molar-refractivity contribution in [3.63, 3.8) is 0 Å². The van der Waals surface area contributed by atoms with E-state index in [1.807, 2.05) is 0 Å². The fourth-order valence-corrected chi connectivity index (χ4v) is 5.06. The van der Waals surface area contributed by atoms with Crippen molar-refractivity contribution < 1.29 is 9.53 Å². The predicted molar refractivity (Wildman–Crippen MR) is 151 cm³/mol. The van der Waals surface area contributed by atoms with E-state index < -0.39 is 0 Å². The number of hydrogen-bond donors (Lipinski definition) is 0. The molecule has 1 atom stereocenters. The van der Waals surface area contributed by atoms with E-state index in [4.69, 9.17) is 4.74 Å². The zero-order chi connectivity index (χ0) is 23.5. The van der Waals surface area contributed by atoms with Crippen molar-refractivity contribution in [2.45, 2.75) is 178 Å². The quantitative estimate of drug-likeness (QED) is 0.0452. The van der Waals surface area contributed by atoms with E-state index in [1.165, 1.54) is 141 Å². The summed E-state index contributed by atoms with van der Waals surface area (Å²) in [7, 11) is 0. The van der Waals surface area contributed by atoms with Gasteiger partial charge in [-0.05, 0) is 41.9 Å². The summed E-state index contributed by atoms with van der Waals surface area (Å²) >= 11 is 2.30. The van der Waals surface area contributed by atoms with E-state index in [9.17, 15) is 4.79 Å². The summed E-state index contributed by atoms with van der Waals surface area (Å²) in [5.74, 6) is 0.0135. The van der Waals surface area contributed by atoms with Crippen molar-refractivity contribution in [1.82, 2.24) is 0 Å². The Morgan fingerprint density at radius 3 is 1.22 bits per heavy atom. The number of unbranched alkanes of at least 4 members (excludes halogenated alkanes) is 21. The number of alkyl halides is 1. The molecule has 0 aliphatic heterocycles. The van der Waals surface area contributed by atoms with Crippen LogP contribution in [0.4, 0.5) is 0 Å². The first-order valence-corrected chi connectivity index (χ1v) is 15.8. The van der Waals surface area contributed by atoms with Crippen molar-refractivity contribution in [2.75, 3.05) is 0 Å². The maximum absolute atomic E-state index is 12.0. The van der Waals surface area contributed by atoms with Gasteiger partial charge in [0.2, 0.25) is 0 Å². The maximum Gasteiger partial charge on any atom is 0.306 e. The normalized spacial score (nSPS) is 12.2. The number of hydrogen-bond acceptors (Lipinski definition) is 2. The third-order valence-electron chi connectivity index (χ3n) is 6.53. The van der Waals surface area contributed by atoms with Gasteiger partial charge in [-0.15, -0.1) is 0 Å². The minimum atomic E-state index is 0.0135. The molecule has 32 heavy (non-hydrogen) atoms. The van der Waals surface area contributed by atoms with Crippen molar-refractivity contribution in [3.8, 4) is 0 Å². The van der Waals surface area contributed by atoms with Gasteiger partial charge in [0.15, 0.2) is 4.11 Å². The van der Waals surface area contributed by atoms with Gasteiger partial charge in [-0.2, -0.15) is 0 Å². The maximum atomic E-state index is 12.0. The zero-order valence-electron chi connectivity index (χ0n) is 21.9. The highest BCUT2D eigenvalue weighted by Gasteiger charge is 2.10. The van der Waals surface area contributed by atoms with Gasteiger partial charge in [0, 0.05) is 6.42 Å². The Morgan fingerprint density at radius 2 is 0.844 bits per heavy atom. The van der Waals surface area contributed by atoms with Crippen LogP contribution in [0.15, 0.2) is 0 Å². The highest BCUT2D eigenvalue weighted by Crippen LogP contribution is 2.17. The second-order valence-electron chi connectivity index (χ2n) is 9.86. The molecule has 0 N–H and O–H groups in total. The molecule has 192 valence electrons. The van der Waals surface area contributed by atoms with Crippen molar-refractivity contribution in [1.29, 1.82) is 0 Å². The first-order valence-electron chi connectivity index (χ1n) is 14.5. The van der Waals surface area contributed by atoms with Crippen LogP contribution in [0.2, 0.25) is 0 Å². The fourth-order valence-electron chi connectivity index (χ4n) is 4.34. The monoisotopic (exact) mass is 564 g/mol. The van der Waals surface area contributed by atoms with Crippen LogP contribution in [-0.2, 0) is 9.53 Å². The summed E-state index contributed by atoms with van der Waals surface area (Å²) in [6.07, 6.45) is 32.6. The van der Waals surface area contributed by atoms with Gasteiger partial charge in [-0.3, -0.25) is 4.79 Å². The topological polar surface area (TPSA) is 26.3 Å². The first-order chi connectivity index (χ1) is 15.7. The highest BCUT2D eigenvalue weighted by molar-refractivity contribution is 14.1. The van der Waals surface area contributed by atoms with E-state index in [1.54, 1.807) is 0 Å². The number of rotatable bonds is 26. The van der Waals surface area contributed by atoms with Gasteiger partial charge in [0.1, 0.15) is 0 Å². The van der Waals surface area contributed by atoms with Crippen LogP contribution in [0.25, 0.3) is 0 Å². The number of carbonyl (C=O) groups is 1. The third-order valence-corrected chi connectivity index (χ3v) is 7.41. The van der Waals surface area contributed by atoms with Gasteiger partial charge in [0.05, 0.1) is 0 Å². The standard InChI is InChI=1S/C29H57IO2/c1-3-5-7-9-11-13-15-16-17-19-21-23-25-27-29(31)32-28(30)26-24-22-20-18-14-12-10-8-6-4-2/h28H,3-27H2,1-2H3. The first kappa shape index (κ1) is 32.2. The molecule has 2 nitrogen and oxygen atoms in total. The number of ether oxygens (including phenoxy) is 1. The Hall–Kier alpha value is 0.200. The summed E-state index contributed by atoms with van der Waals surface area (Å²) < 4.78 is 5.65. The SMILES string of the molecule is CCCCCCCCCCCCCCCC(=O)OC(I)CCCCCCCCCCCC. The lowest BCUT2D eigenvalue weighted by atomic mass is 10.0. The summed E-state index contributed by atoms with van der Waals surface area (Å²) in [5, 5.41) is 0. The van der Waals surface area contributed by atoms with Crippen LogP contribution in [0.3, 0.4) is 0 Å². The van der Waals surface area contributed by atoms with Crippen LogP contribution in [-0.4, -0.2) is 10.1 Å². The molecule has 0 aromatic rings. The van der Waals surface area contributed by atoms with Crippen LogP contribution in [0.1, 0.15) is 174 Å². The average molecular weight is 565 g/mol. The second-order valence-corrected chi connectivity index (χ2v) is 11.3. The zero-order valence-corrected chi connectivity index (χ0v) is 24.1. The number of esters is 1. The largest absolute Gasteiger partial charge is 0.452 e. The fraction of sp³-hybridized carbons (Fsp3) is 0.966. The molecule has 0 amide bonds. The molecule has 0 spiro atoms. The van der Waals surface area contributed by atoms with Gasteiger partial charge in [-0.1, -0.05) is 149 Å². The molecule has 0 aromatic heterocycles. The lowest BCUT2D eigenvalue weighted by Crippen LogP contribution is -2.11. The van der Waals surface area contributed by atoms with E-state index >= 15 is 0 Å². The minimum absolute atomic E-state index is 0.0135. The lowest BCUT2D eigenvalue weighted by Gasteiger charge is -2.11. The molecule has 0 rings (SSSR count). The Labute approximate surface area is 215 Å². The molecular formula is C29H57IO2. The highest BCUT2D eigenvalue weighted by atomic mass is 127. The summed E-state index contributed by atoms with van der Waals surface area (Å²) in [6.45, 7) is 4.56. The molecule has 0 fully saturated rings. The Morgan fingerprint density at radius 1 is 0.531 bits per heavy atom. The molecular weight excluding hydrogens is 507 g/mol. The molecule has 0 saturated heterocycles. The Bertz CT molecular complexity index is 372. The molecule has 0 aliphatic rings. The second kappa shape index (κ2) is 27.4. The van der Waals surface area contributed by atoms with E-state index in [0.717, 1.165) is 12.8 Å². The molecule has 0 aromatic carbocycles.